The molecule has 1 amide bonds. The molecule has 3 aromatic heterocycles. The molecule has 8 heteroatoms. The van der Waals surface area contributed by atoms with Crippen molar-refractivity contribution in [3.05, 3.63) is 84.0 Å². The molecule has 8 nitrogen and oxygen atoms in total. The van der Waals surface area contributed by atoms with Gasteiger partial charge < -0.3 is 14.2 Å². The maximum atomic E-state index is 13.2. The molecule has 32 heavy (non-hydrogen) atoms. The maximum absolute atomic E-state index is 13.2. The Hall–Kier alpha value is -3.49. The molecule has 1 aromatic carbocycles. The van der Waals surface area contributed by atoms with Gasteiger partial charge in [0, 0.05) is 51.2 Å². The number of anilines is 1. The van der Waals surface area contributed by atoms with Crippen molar-refractivity contribution in [2.75, 3.05) is 31.5 Å². The van der Waals surface area contributed by atoms with Gasteiger partial charge in [-0.05, 0) is 24.6 Å². The number of hydrogen-bond acceptors (Lipinski definition) is 6. The fraction of sp³-hybridized carbons (Fsp3) is 0.292. The highest BCUT2D eigenvalue weighted by molar-refractivity contribution is 5.94. The third kappa shape index (κ3) is 4.42. The molecular formula is C24H26N6O2. The first-order valence-corrected chi connectivity index (χ1v) is 10.8. The van der Waals surface area contributed by atoms with E-state index in [4.69, 9.17) is 9.51 Å². The summed E-state index contributed by atoms with van der Waals surface area (Å²) in [7, 11) is 0. The summed E-state index contributed by atoms with van der Waals surface area (Å²) in [6.45, 7) is 5.92. The van der Waals surface area contributed by atoms with Gasteiger partial charge in [0.25, 0.3) is 0 Å². The van der Waals surface area contributed by atoms with Crippen LogP contribution in [0.4, 0.5) is 5.82 Å². The van der Waals surface area contributed by atoms with Crippen molar-refractivity contribution in [3.63, 3.8) is 0 Å². The third-order valence-corrected chi connectivity index (χ3v) is 5.81. The predicted octanol–water partition coefficient (Wildman–Crippen LogP) is 3.13. The number of carbonyl (C=O) groups excluding carboxylic acids is 1. The molecule has 1 fully saturated rings. The van der Waals surface area contributed by atoms with E-state index in [9.17, 15) is 4.79 Å². The molecule has 4 aromatic rings. The molecule has 0 bridgehead atoms. The van der Waals surface area contributed by atoms with Crippen LogP contribution >= 0.6 is 0 Å². The summed E-state index contributed by atoms with van der Waals surface area (Å²) in [5.74, 6) is 1.01. The molecular weight excluding hydrogens is 404 g/mol. The number of aryl methyl sites for hydroxylation is 1. The number of hydrogen-bond donors (Lipinski definition) is 1. The van der Waals surface area contributed by atoms with Crippen LogP contribution in [0.2, 0.25) is 0 Å². The Balaban J connectivity index is 1.27. The summed E-state index contributed by atoms with van der Waals surface area (Å²) in [6.07, 6.45) is 4.10. The topological polar surface area (TPSA) is 78.9 Å². The molecule has 0 radical (unpaired) electrons. The second kappa shape index (κ2) is 8.94. The molecule has 0 aliphatic carbocycles. The van der Waals surface area contributed by atoms with Crippen LogP contribution in [-0.2, 0) is 11.3 Å². The van der Waals surface area contributed by atoms with Gasteiger partial charge in [-0.15, -0.1) is 0 Å². The zero-order valence-electron chi connectivity index (χ0n) is 18.0. The first-order chi connectivity index (χ1) is 15.7. The highest BCUT2D eigenvalue weighted by Crippen LogP contribution is 2.25. The fourth-order valence-electron chi connectivity index (χ4n) is 4.26. The van der Waals surface area contributed by atoms with Gasteiger partial charge in [0.2, 0.25) is 5.91 Å². The smallest absolute Gasteiger partial charge is 0.247 e. The zero-order chi connectivity index (χ0) is 21.9. The lowest BCUT2D eigenvalue weighted by molar-refractivity contribution is -0.122. The van der Waals surface area contributed by atoms with Crippen molar-refractivity contribution in [2.24, 2.45) is 0 Å². The average molecular weight is 431 g/mol. The van der Waals surface area contributed by atoms with Gasteiger partial charge in [0.05, 0.1) is 5.69 Å². The first kappa shape index (κ1) is 20.4. The number of aromatic nitrogens is 3. The van der Waals surface area contributed by atoms with E-state index in [1.165, 1.54) is 0 Å². The number of imidazole rings is 1. The lowest BCUT2D eigenvalue weighted by Gasteiger charge is -2.38. The molecule has 0 unspecified atom stereocenters. The lowest BCUT2D eigenvalue weighted by Crippen LogP contribution is -2.49. The molecule has 0 saturated carbocycles. The number of rotatable bonds is 6. The van der Waals surface area contributed by atoms with Crippen molar-refractivity contribution < 1.29 is 9.32 Å². The lowest BCUT2D eigenvalue weighted by atomic mass is 10.0. The summed E-state index contributed by atoms with van der Waals surface area (Å²) in [4.78, 5) is 22.6. The standard InChI is InChI=1S/C24H26N6O2/c1-18-15-21(27-32-18)26-24(31)23(19-7-3-2-4-8-19)29-13-11-28(12-14-29)16-20-17-30-10-6-5-9-22(30)25-20/h2-10,15,17,23H,11-14,16H2,1H3,(H,26,27,31)/t23-/m0/s1. The molecule has 1 N–H and O–H groups in total. The molecule has 4 heterocycles. The molecule has 1 atom stereocenters. The van der Waals surface area contributed by atoms with E-state index >= 15 is 0 Å². The van der Waals surface area contributed by atoms with Gasteiger partial charge in [0.1, 0.15) is 17.4 Å². The monoisotopic (exact) mass is 430 g/mol. The van der Waals surface area contributed by atoms with Crippen LogP contribution < -0.4 is 5.32 Å². The number of nitrogens with zero attached hydrogens (tertiary/aromatic N) is 5. The number of fused-ring (bicyclic) bond motifs is 1. The second-order valence-electron chi connectivity index (χ2n) is 8.14. The first-order valence-electron chi connectivity index (χ1n) is 10.8. The van der Waals surface area contributed by atoms with E-state index < -0.39 is 0 Å². The van der Waals surface area contributed by atoms with Gasteiger partial charge in [-0.1, -0.05) is 41.6 Å². The van der Waals surface area contributed by atoms with Gasteiger partial charge in [-0.3, -0.25) is 14.6 Å². The van der Waals surface area contributed by atoms with E-state index in [0.717, 1.165) is 49.6 Å². The number of benzene rings is 1. The van der Waals surface area contributed by atoms with Crippen LogP contribution in [0.1, 0.15) is 23.1 Å². The highest BCUT2D eigenvalue weighted by Gasteiger charge is 2.31. The van der Waals surface area contributed by atoms with E-state index in [1.807, 2.05) is 59.1 Å². The molecule has 164 valence electrons. The molecule has 1 aliphatic rings. The van der Waals surface area contributed by atoms with Gasteiger partial charge in [0.15, 0.2) is 5.82 Å². The fourth-order valence-corrected chi connectivity index (χ4v) is 4.26. The summed E-state index contributed by atoms with van der Waals surface area (Å²) >= 11 is 0. The van der Waals surface area contributed by atoms with Crippen molar-refractivity contribution in [1.29, 1.82) is 0 Å². The Labute approximate surface area is 186 Å². The van der Waals surface area contributed by atoms with Gasteiger partial charge in [-0.25, -0.2) is 4.98 Å². The minimum atomic E-state index is -0.384. The Kier molecular flexibility index (Phi) is 5.70. The Morgan fingerprint density at radius 1 is 1.09 bits per heavy atom. The van der Waals surface area contributed by atoms with E-state index in [0.29, 0.717) is 11.6 Å². The Morgan fingerprint density at radius 3 is 2.59 bits per heavy atom. The Bertz CT molecular complexity index is 1160. The number of nitrogens with one attached hydrogen (secondary N) is 1. The minimum Gasteiger partial charge on any atom is -0.360 e. The number of amides is 1. The van der Waals surface area contributed by atoms with Crippen LogP contribution in [0.15, 0.2) is 71.5 Å². The van der Waals surface area contributed by atoms with Crippen molar-refractivity contribution in [2.45, 2.75) is 19.5 Å². The summed E-state index contributed by atoms with van der Waals surface area (Å²) in [5, 5.41) is 6.82. The normalized spacial score (nSPS) is 16.3. The van der Waals surface area contributed by atoms with Crippen molar-refractivity contribution in [3.8, 4) is 0 Å². The molecule has 1 aliphatic heterocycles. The van der Waals surface area contributed by atoms with Crippen LogP contribution in [0.25, 0.3) is 5.65 Å². The summed E-state index contributed by atoms with van der Waals surface area (Å²) < 4.78 is 7.14. The zero-order valence-corrected chi connectivity index (χ0v) is 18.0. The van der Waals surface area contributed by atoms with Crippen LogP contribution in [0, 0.1) is 6.92 Å². The van der Waals surface area contributed by atoms with Crippen LogP contribution in [0.5, 0.6) is 0 Å². The van der Waals surface area contributed by atoms with E-state index in [-0.39, 0.29) is 11.9 Å². The quantitative estimate of drug-likeness (QED) is 0.506. The Morgan fingerprint density at radius 2 is 1.88 bits per heavy atom. The largest absolute Gasteiger partial charge is 0.360 e. The second-order valence-corrected chi connectivity index (χ2v) is 8.14. The summed E-state index contributed by atoms with van der Waals surface area (Å²) in [6, 6.07) is 17.3. The predicted molar refractivity (Wildman–Crippen MR) is 121 cm³/mol. The SMILES string of the molecule is Cc1cc(NC(=O)[C@H](c2ccccc2)N2CCN(Cc3cn4ccccc4n3)CC2)no1. The van der Waals surface area contributed by atoms with E-state index in [1.54, 1.807) is 13.0 Å². The highest BCUT2D eigenvalue weighted by atomic mass is 16.5. The van der Waals surface area contributed by atoms with Crippen molar-refractivity contribution in [1.82, 2.24) is 24.3 Å². The summed E-state index contributed by atoms with van der Waals surface area (Å²) in [5.41, 5.74) is 2.99. The van der Waals surface area contributed by atoms with Crippen LogP contribution in [0.3, 0.4) is 0 Å². The van der Waals surface area contributed by atoms with E-state index in [2.05, 4.69) is 26.5 Å². The van der Waals surface area contributed by atoms with Crippen molar-refractivity contribution >= 4 is 17.4 Å². The number of pyridine rings is 1. The molecule has 5 rings (SSSR count). The molecule has 1 saturated heterocycles. The number of piperazine rings is 1. The van der Waals surface area contributed by atoms with Crippen LogP contribution in [-0.4, -0.2) is 56.4 Å². The number of carbonyl (C=O) groups is 1. The third-order valence-electron chi connectivity index (χ3n) is 5.81. The van der Waals surface area contributed by atoms with Gasteiger partial charge >= 0.3 is 0 Å². The minimum absolute atomic E-state index is 0.0988. The molecule has 0 spiro atoms. The van der Waals surface area contributed by atoms with Gasteiger partial charge in [-0.2, -0.15) is 0 Å². The maximum Gasteiger partial charge on any atom is 0.247 e. The average Bonchev–Trinajstić information content (AvgIpc) is 3.41.